The normalized spacial score (nSPS) is 26.0. The van der Waals surface area contributed by atoms with E-state index in [4.69, 9.17) is 10.2 Å². The van der Waals surface area contributed by atoms with E-state index in [1.807, 2.05) is 12.2 Å². The van der Waals surface area contributed by atoms with E-state index < -0.39 is 6.10 Å². The van der Waals surface area contributed by atoms with Crippen molar-refractivity contribution in [3.8, 4) is 0 Å². The van der Waals surface area contributed by atoms with Crippen LogP contribution in [0.4, 0.5) is 0 Å². The Morgan fingerprint density at radius 3 is 2.89 bits per heavy atom. The minimum absolute atomic E-state index is 0.0362. The second-order valence-corrected chi connectivity index (χ2v) is 2.08. The van der Waals surface area contributed by atoms with Crippen LogP contribution in [0.1, 0.15) is 6.42 Å². The Labute approximate surface area is 54.1 Å². The van der Waals surface area contributed by atoms with Crippen LogP contribution >= 0.6 is 0 Å². The molecule has 1 unspecified atom stereocenters. The molecule has 0 radical (unpaired) electrons. The quantitative estimate of drug-likeness (QED) is 0.528. The van der Waals surface area contributed by atoms with Gasteiger partial charge in [-0.25, -0.2) is 0 Å². The first-order valence-corrected chi connectivity index (χ1v) is 2.99. The van der Waals surface area contributed by atoms with Crippen LogP contribution in [0, 0.1) is 0 Å². The maximum atomic E-state index is 9.09. The summed E-state index contributed by atoms with van der Waals surface area (Å²) in [6.07, 6.45) is 5.64. The van der Waals surface area contributed by atoms with Crippen molar-refractivity contribution in [3.05, 3.63) is 23.8 Å². The van der Waals surface area contributed by atoms with Gasteiger partial charge in [0.25, 0.3) is 0 Å². The highest BCUT2D eigenvalue weighted by molar-refractivity contribution is 5.21. The van der Waals surface area contributed by atoms with E-state index in [0.717, 1.165) is 0 Å². The molecular weight excluding hydrogens is 116 g/mol. The van der Waals surface area contributed by atoms with E-state index in [1.54, 1.807) is 6.08 Å². The lowest BCUT2D eigenvalue weighted by Crippen LogP contribution is -2.13. The molecule has 1 atom stereocenters. The van der Waals surface area contributed by atoms with Crippen molar-refractivity contribution in [1.29, 1.82) is 0 Å². The van der Waals surface area contributed by atoms with E-state index in [0.29, 0.717) is 12.0 Å². The summed E-state index contributed by atoms with van der Waals surface area (Å²) in [7, 11) is 0. The van der Waals surface area contributed by atoms with Gasteiger partial charge in [0.15, 0.2) is 0 Å². The second kappa shape index (κ2) is 2.80. The Balaban J connectivity index is 2.63. The highest BCUT2D eigenvalue weighted by Gasteiger charge is 2.08. The Morgan fingerprint density at radius 2 is 2.44 bits per heavy atom. The number of hydrogen-bond donors (Lipinski definition) is 2. The van der Waals surface area contributed by atoms with E-state index in [2.05, 4.69) is 0 Å². The van der Waals surface area contributed by atoms with Gasteiger partial charge in [-0.3, -0.25) is 0 Å². The van der Waals surface area contributed by atoms with Gasteiger partial charge in [-0.05, 0) is 12.0 Å². The molecular formula is C7H10O2. The van der Waals surface area contributed by atoms with Crippen molar-refractivity contribution in [2.75, 3.05) is 6.61 Å². The molecule has 0 aromatic rings. The predicted molar refractivity (Wildman–Crippen MR) is 34.9 cm³/mol. The van der Waals surface area contributed by atoms with E-state index in [9.17, 15) is 0 Å². The van der Waals surface area contributed by atoms with E-state index in [-0.39, 0.29) is 6.61 Å². The van der Waals surface area contributed by atoms with Crippen molar-refractivity contribution in [2.24, 2.45) is 0 Å². The third kappa shape index (κ3) is 1.40. The summed E-state index contributed by atoms with van der Waals surface area (Å²) in [5.74, 6) is 0. The van der Waals surface area contributed by atoms with Crippen LogP contribution in [0.3, 0.4) is 0 Å². The summed E-state index contributed by atoms with van der Waals surface area (Å²) in [5, 5.41) is 17.7. The van der Waals surface area contributed by atoms with Crippen LogP contribution in [-0.2, 0) is 0 Å². The van der Waals surface area contributed by atoms with Gasteiger partial charge in [0.1, 0.15) is 0 Å². The van der Waals surface area contributed by atoms with Gasteiger partial charge in [0.05, 0.1) is 12.7 Å². The molecule has 1 aliphatic rings. The highest BCUT2D eigenvalue weighted by atomic mass is 16.3. The van der Waals surface area contributed by atoms with Crippen LogP contribution in [-0.4, -0.2) is 22.9 Å². The molecule has 9 heavy (non-hydrogen) atoms. The molecule has 0 aromatic carbocycles. The number of aliphatic hydroxyl groups excluding tert-OH is 2. The molecule has 2 nitrogen and oxygen atoms in total. The summed E-state index contributed by atoms with van der Waals surface area (Å²) < 4.78 is 0. The highest BCUT2D eigenvalue weighted by Crippen LogP contribution is 2.11. The minimum atomic E-state index is -0.458. The van der Waals surface area contributed by atoms with Crippen molar-refractivity contribution in [2.45, 2.75) is 12.5 Å². The summed E-state index contributed by atoms with van der Waals surface area (Å²) in [5.41, 5.74) is 0.706. The van der Waals surface area contributed by atoms with Gasteiger partial charge in [-0.2, -0.15) is 0 Å². The molecule has 2 N–H and O–H groups in total. The molecule has 0 saturated carbocycles. The van der Waals surface area contributed by atoms with Crippen LogP contribution in [0.2, 0.25) is 0 Å². The standard InChI is InChI=1S/C7H10O2/c8-5-6-3-1-2-4-7(6)9/h1-3,7-9H,4-5H2. The molecule has 0 fully saturated rings. The Hall–Kier alpha value is -0.600. The molecule has 0 heterocycles. The summed E-state index contributed by atoms with van der Waals surface area (Å²) in [6.45, 7) is -0.0362. The van der Waals surface area contributed by atoms with Crippen LogP contribution in [0.15, 0.2) is 23.8 Å². The molecule has 50 valence electrons. The molecule has 1 rings (SSSR count). The topological polar surface area (TPSA) is 40.5 Å². The van der Waals surface area contributed by atoms with Gasteiger partial charge in [0.2, 0.25) is 0 Å². The summed E-state index contributed by atoms with van der Waals surface area (Å²) in [6, 6.07) is 0. The fourth-order valence-electron chi connectivity index (χ4n) is 0.820. The molecule has 0 aromatic heterocycles. The van der Waals surface area contributed by atoms with Gasteiger partial charge >= 0.3 is 0 Å². The Morgan fingerprint density at radius 1 is 1.67 bits per heavy atom. The monoisotopic (exact) mass is 126 g/mol. The number of hydrogen-bond acceptors (Lipinski definition) is 2. The first-order chi connectivity index (χ1) is 4.34. The second-order valence-electron chi connectivity index (χ2n) is 2.08. The third-order valence-corrected chi connectivity index (χ3v) is 1.42. The minimum Gasteiger partial charge on any atom is -0.392 e. The zero-order valence-corrected chi connectivity index (χ0v) is 5.12. The maximum Gasteiger partial charge on any atom is 0.0809 e. The van der Waals surface area contributed by atoms with E-state index in [1.165, 1.54) is 0 Å². The van der Waals surface area contributed by atoms with Crippen molar-refractivity contribution in [1.82, 2.24) is 0 Å². The van der Waals surface area contributed by atoms with Gasteiger partial charge < -0.3 is 10.2 Å². The zero-order chi connectivity index (χ0) is 6.69. The lowest BCUT2D eigenvalue weighted by Gasteiger charge is -2.12. The first kappa shape index (κ1) is 6.52. The molecule has 0 amide bonds. The van der Waals surface area contributed by atoms with Crippen LogP contribution < -0.4 is 0 Å². The van der Waals surface area contributed by atoms with E-state index >= 15 is 0 Å². The summed E-state index contributed by atoms with van der Waals surface area (Å²) in [4.78, 5) is 0. The first-order valence-electron chi connectivity index (χ1n) is 2.99. The number of aliphatic hydroxyl groups is 2. The molecule has 0 aliphatic heterocycles. The summed E-state index contributed by atoms with van der Waals surface area (Å²) >= 11 is 0. The fraction of sp³-hybridized carbons (Fsp3) is 0.429. The van der Waals surface area contributed by atoms with Crippen LogP contribution in [0.25, 0.3) is 0 Å². The maximum absolute atomic E-state index is 9.09. The SMILES string of the molecule is OCC1=CC=CCC1O. The lowest BCUT2D eigenvalue weighted by molar-refractivity contribution is 0.188. The van der Waals surface area contributed by atoms with Crippen molar-refractivity contribution < 1.29 is 10.2 Å². The number of allylic oxidation sites excluding steroid dienone is 2. The van der Waals surface area contributed by atoms with Gasteiger partial charge in [-0.1, -0.05) is 18.2 Å². The largest absolute Gasteiger partial charge is 0.392 e. The molecule has 0 spiro atoms. The molecule has 0 saturated heterocycles. The Kier molecular flexibility index (Phi) is 2.03. The molecule has 1 aliphatic carbocycles. The smallest absolute Gasteiger partial charge is 0.0809 e. The zero-order valence-electron chi connectivity index (χ0n) is 5.12. The predicted octanol–water partition coefficient (Wildman–Crippen LogP) is 0.226. The van der Waals surface area contributed by atoms with Crippen molar-refractivity contribution >= 4 is 0 Å². The van der Waals surface area contributed by atoms with Gasteiger partial charge in [-0.15, -0.1) is 0 Å². The van der Waals surface area contributed by atoms with Crippen LogP contribution in [0.5, 0.6) is 0 Å². The molecule has 0 bridgehead atoms. The lowest BCUT2D eigenvalue weighted by atomic mass is 10.0. The number of rotatable bonds is 1. The molecule has 2 heteroatoms. The fourth-order valence-corrected chi connectivity index (χ4v) is 0.820. The average molecular weight is 126 g/mol. The van der Waals surface area contributed by atoms with Gasteiger partial charge in [0, 0.05) is 0 Å². The Bertz CT molecular complexity index is 147. The average Bonchev–Trinajstić information content (AvgIpc) is 1.89. The third-order valence-electron chi connectivity index (χ3n) is 1.42. The van der Waals surface area contributed by atoms with Crippen molar-refractivity contribution in [3.63, 3.8) is 0 Å².